The van der Waals surface area contributed by atoms with E-state index >= 15 is 0 Å². The van der Waals surface area contributed by atoms with Crippen LogP contribution in [0.5, 0.6) is 0 Å². The van der Waals surface area contributed by atoms with E-state index in [9.17, 15) is 0 Å². The van der Waals surface area contributed by atoms with Crippen molar-refractivity contribution in [3.8, 4) is 0 Å². The summed E-state index contributed by atoms with van der Waals surface area (Å²) in [6.45, 7) is 3.36. The predicted octanol–water partition coefficient (Wildman–Crippen LogP) is 2.04. The topological polar surface area (TPSA) is 29.9 Å². The number of nitrogens with one attached hydrogen (secondary N) is 1. The summed E-state index contributed by atoms with van der Waals surface area (Å²) in [6.07, 6.45) is 4.78. The van der Waals surface area contributed by atoms with Gasteiger partial charge in [0, 0.05) is 18.1 Å². The summed E-state index contributed by atoms with van der Waals surface area (Å²) in [4.78, 5) is 0. The molecular formula is C13H17N3. The Morgan fingerprint density at radius 2 is 2.31 bits per heavy atom. The molecule has 1 aliphatic heterocycles. The van der Waals surface area contributed by atoms with Gasteiger partial charge < -0.3 is 5.32 Å². The van der Waals surface area contributed by atoms with E-state index in [2.05, 4.69) is 39.5 Å². The van der Waals surface area contributed by atoms with E-state index in [-0.39, 0.29) is 0 Å². The van der Waals surface area contributed by atoms with E-state index in [4.69, 9.17) is 0 Å². The molecular weight excluding hydrogens is 198 g/mol. The molecule has 0 saturated carbocycles. The summed E-state index contributed by atoms with van der Waals surface area (Å²) in [7, 11) is 0. The van der Waals surface area contributed by atoms with E-state index in [0.29, 0.717) is 0 Å². The van der Waals surface area contributed by atoms with Gasteiger partial charge in [-0.3, -0.25) is 4.68 Å². The number of benzene rings is 1. The summed E-state index contributed by atoms with van der Waals surface area (Å²) < 4.78 is 2.10. The zero-order valence-electron chi connectivity index (χ0n) is 9.39. The summed E-state index contributed by atoms with van der Waals surface area (Å²) in [6, 6.07) is 8.31. The molecule has 3 nitrogen and oxygen atoms in total. The molecule has 0 amide bonds. The SMILES string of the molecule is c1ccc2nn(CC3CCCNC3)cc2c1. The second-order valence-electron chi connectivity index (χ2n) is 4.62. The van der Waals surface area contributed by atoms with Gasteiger partial charge in [-0.2, -0.15) is 5.10 Å². The van der Waals surface area contributed by atoms with Crippen molar-refractivity contribution in [2.75, 3.05) is 13.1 Å². The van der Waals surface area contributed by atoms with Gasteiger partial charge in [0.1, 0.15) is 0 Å². The van der Waals surface area contributed by atoms with Crippen LogP contribution in [-0.4, -0.2) is 22.9 Å². The third-order valence-corrected chi connectivity index (χ3v) is 3.31. The molecule has 0 spiro atoms. The number of piperidine rings is 1. The molecule has 1 aromatic heterocycles. The first-order valence-electron chi connectivity index (χ1n) is 6.05. The Morgan fingerprint density at radius 1 is 1.38 bits per heavy atom. The lowest BCUT2D eigenvalue weighted by Crippen LogP contribution is -2.32. The Bertz CT molecular complexity index is 436. The molecule has 0 radical (unpaired) electrons. The molecule has 3 heteroatoms. The van der Waals surface area contributed by atoms with Crippen molar-refractivity contribution in [2.24, 2.45) is 5.92 Å². The number of fused-ring (bicyclic) bond motifs is 1. The van der Waals surface area contributed by atoms with Crippen LogP contribution in [0.3, 0.4) is 0 Å². The summed E-state index contributed by atoms with van der Waals surface area (Å²) in [5.74, 6) is 0.739. The highest BCUT2D eigenvalue weighted by Crippen LogP contribution is 2.15. The van der Waals surface area contributed by atoms with Crippen molar-refractivity contribution in [3.05, 3.63) is 30.5 Å². The van der Waals surface area contributed by atoms with Gasteiger partial charge in [0.15, 0.2) is 0 Å². The maximum absolute atomic E-state index is 4.60. The van der Waals surface area contributed by atoms with Crippen molar-refractivity contribution in [2.45, 2.75) is 19.4 Å². The van der Waals surface area contributed by atoms with Crippen LogP contribution < -0.4 is 5.32 Å². The third kappa shape index (κ3) is 1.95. The average Bonchev–Trinajstić information content (AvgIpc) is 2.72. The van der Waals surface area contributed by atoms with Gasteiger partial charge >= 0.3 is 0 Å². The molecule has 1 fully saturated rings. The largest absolute Gasteiger partial charge is 0.316 e. The second kappa shape index (κ2) is 4.26. The highest BCUT2D eigenvalue weighted by molar-refractivity contribution is 5.77. The maximum Gasteiger partial charge on any atom is 0.0923 e. The van der Waals surface area contributed by atoms with Crippen molar-refractivity contribution < 1.29 is 0 Å². The molecule has 16 heavy (non-hydrogen) atoms. The minimum Gasteiger partial charge on any atom is -0.316 e. The van der Waals surface area contributed by atoms with Crippen LogP contribution in [0.25, 0.3) is 10.9 Å². The first-order chi connectivity index (χ1) is 7.92. The molecule has 1 aliphatic rings. The van der Waals surface area contributed by atoms with Gasteiger partial charge in [-0.1, -0.05) is 18.2 Å². The normalized spacial score (nSPS) is 21.4. The summed E-state index contributed by atoms with van der Waals surface area (Å²) >= 11 is 0. The van der Waals surface area contributed by atoms with Crippen LogP contribution in [0.1, 0.15) is 12.8 Å². The fraction of sp³-hybridized carbons (Fsp3) is 0.462. The van der Waals surface area contributed by atoms with Crippen LogP contribution in [0.4, 0.5) is 0 Å². The van der Waals surface area contributed by atoms with Crippen LogP contribution >= 0.6 is 0 Å². The smallest absolute Gasteiger partial charge is 0.0923 e. The highest BCUT2D eigenvalue weighted by atomic mass is 15.3. The van der Waals surface area contributed by atoms with E-state index in [1.165, 1.54) is 24.8 Å². The molecule has 84 valence electrons. The quantitative estimate of drug-likeness (QED) is 0.830. The Balaban J connectivity index is 1.78. The number of aromatic nitrogens is 2. The number of hydrogen-bond acceptors (Lipinski definition) is 2. The average molecular weight is 215 g/mol. The molecule has 1 saturated heterocycles. The fourth-order valence-corrected chi connectivity index (χ4v) is 2.45. The number of rotatable bonds is 2. The molecule has 2 aromatic rings. The first-order valence-corrected chi connectivity index (χ1v) is 6.05. The fourth-order valence-electron chi connectivity index (χ4n) is 2.45. The Hall–Kier alpha value is -1.35. The van der Waals surface area contributed by atoms with Crippen molar-refractivity contribution in [1.82, 2.24) is 15.1 Å². The van der Waals surface area contributed by atoms with E-state index in [0.717, 1.165) is 24.5 Å². The Kier molecular flexibility index (Phi) is 2.62. The first kappa shape index (κ1) is 9.85. The van der Waals surface area contributed by atoms with Crippen LogP contribution in [0, 0.1) is 5.92 Å². The highest BCUT2D eigenvalue weighted by Gasteiger charge is 2.13. The van der Waals surface area contributed by atoms with Crippen LogP contribution in [0.15, 0.2) is 30.5 Å². The van der Waals surface area contributed by atoms with E-state index in [1.807, 2.05) is 6.07 Å². The predicted molar refractivity (Wildman–Crippen MR) is 65.3 cm³/mol. The lowest BCUT2D eigenvalue weighted by Gasteiger charge is -2.22. The zero-order valence-corrected chi connectivity index (χ0v) is 9.39. The van der Waals surface area contributed by atoms with Gasteiger partial charge in [0.05, 0.1) is 5.52 Å². The summed E-state index contributed by atoms with van der Waals surface area (Å²) in [5, 5.41) is 9.29. The van der Waals surface area contributed by atoms with Crippen molar-refractivity contribution >= 4 is 10.9 Å². The number of hydrogen-bond donors (Lipinski definition) is 1. The van der Waals surface area contributed by atoms with E-state index in [1.54, 1.807) is 0 Å². The number of nitrogens with zero attached hydrogens (tertiary/aromatic N) is 2. The molecule has 3 rings (SSSR count). The zero-order chi connectivity index (χ0) is 10.8. The van der Waals surface area contributed by atoms with Gasteiger partial charge in [-0.05, 0) is 37.9 Å². The second-order valence-corrected chi connectivity index (χ2v) is 4.62. The molecule has 2 heterocycles. The van der Waals surface area contributed by atoms with Crippen LogP contribution in [0.2, 0.25) is 0 Å². The minimum atomic E-state index is 0.739. The lowest BCUT2D eigenvalue weighted by atomic mass is 10.00. The van der Waals surface area contributed by atoms with Crippen molar-refractivity contribution in [3.63, 3.8) is 0 Å². The van der Waals surface area contributed by atoms with E-state index < -0.39 is 0 Å². The monoisotopic (exact) mass is 215 g/mol. The lowest BCUT2D eigenvalue weighted by molar-refractivity contribution is 0.326. The summed E-state index contributed by atoms with van der Waals surface area (Å²) in [5.41, 5.74) is 1.10. The molecule has 1 atom stereocenters. The van der Waals surface area contributed by atoms with Gasteiger partial charge in [-0.15, -0.1) is 0 Å². The molecule has 1 N–H and O–H groups in total. The van der Waals surface area contributed by atoms with Crippen molar-refractivity contribution in [1.29, 1.82) is 0 Å². The van der Waals surface area contributed by atoms with Gasteiger partial charge in [-0.25, -0.2) is 0 Å². The molecule has 1 unspecified atom stereocenters. The van der Waals surface area contributed by atoms with Gasteiger partial charge in [0.25, 0.3) is 0 Å². The Morgan fingerprint density at radius 3 is 3.12 bits per heavy atom. The minimum absolute atomic E-state index is 0.739. The Labute approximate surface area is 95.5 Å². The molecule has 1 aromatic carbocycles. The third-order valence-electron chi connectivity index (χ3n) is 3.31. The maximum atomic E-state index is 4.60. The molecule has 0 bridgehead atoms. The van der Waals surface area contributed by atoms with Crippen LogP contribution in [-0.2, 0) is 6.54 Å². The molecule has 0 aliphatic carbocycles. The standard InChI is InChI=1S/C13H17N3/c1-2-6-13-12(5-1)10-16(15-13)9-11-4-3-7-14-8-11/h1-2,5-6,10-11,14H,3-4,7-9H2. The van der Waals surface area contributed by atoms with Gasteiger partial charge in [0.2, 0.25) is 0 Å².